The van der Waals surface area contributed by atoms with Crippen LogP contribution in [0.25, 0.3) is 0 Å². The third kappa shape index (κ3) is 2.43. The maximum atomic E-state index is 11.8. The van der Waals surface area contributed by atoms with Gasteiger partial charge in [0.25, 0.3) is 0 Å². The van der Waals surface area contributed by atoms with Gasteiger partial charge >= 0.3 is 5.97 Å². The van der Waals surface area contributed by atoms with E-state index >= 15 is 0 Å². The van der Waals surface area contributed by atoms with E-state index in [1.165, 1.54) is 6.20 Å². The summed E-state index contributed by atoms with van der Waals surface area (Å²) in [5, 5.41) is 8.73. The normalized spacial score (nSPS) is 18.4. The Bertz CT molecular complexity index is 464. The quantitative estimate of drug-likeness (QED) is 0.755. The zero-order valence-corrected chi connectivity index (χ0v) is 10.3. The Labute approximate surface area is 106 Å². The first-order valence-electron chi connectivity index (χ1n) is 6.05. The number of hydrogen-bond acceptors (Lipinski definition) is 5. The summed E-state index contributed by atoms with van der Waals surface area (Å²) in [6.07, 6.45) is 3.27. The van der Waals surface area contributed by atoms with Crippen LogP contribution < -0.4 is 4.90 Å². The fourth-order valence-electron chi connectivity index (χ4n) is 2.15. The van der Waals surface area contributed by atoms with Gasteiger partial charge in [-0.05, 0) is 31.9 Å². The molecule has 0 amide bonds. The van der Waals surface area contributed by atoms with Gasteiger partial charge in [-0.25, -0.2) is 9.78 Å². The van der Waals surface area contributed by atoms with Crippen molar-refractivity contribution in [3.63, 3.8) is 0 Å². The van der Waals surface area contributed by atoms with Gasteiger partial charge in [0.05, 0.1) is 12.2 Å². The second-order valence-electron chi connectivity index (χ2n) is 4.12. The van der Waals surface area contributed by atoms with Crippen LogP contribution in [-0.2, 0) is 9.53 Å². The number of anilines is 1. The van der Waals surface area contributed by atoms with E-state index in [1.807, 2.05) is 11.0 Å². The Hall–Kier alpha value is -2.09. The van der Waals surface area contributed by atoms with Crippen molar-refractivity contribution in [2.45, 2.75) is 25.8 Å². The summed E-state index contributed by atoms with van der Waals surface area (Å²) in [5.41, 5.74) is 0.519. The average molecular weight is 245 g/mol. The lowest BCUT2D eigenvalue weighted by Crippen LogP contribution is -2.37. The predicted molar refractivity (Wildman–Crippen MR) is 66.0 cm³/mol. The molecule has 5 nitrogen and oxygen atoms in total. The van der Waals surface area contributed by atoms with Gasteiger partial charge in [-0.3, -0.25) is 0 Å². The van der Waals surface area contributed by atoms with Gasteiger partial charge in [-0.1, -0.05) is 0 Å². The summed E-state index contributed by atoms with van der Waals surface area (Å²) in [6, 6.07) is 5.27. The van der Waals surface area contributed by atoms with E-state index in [2.05, 4.69) is 4.98 Å². The first kappa shape index (κ1) is 12.4. The van der Waals surface area contributed by atoms with Gasteiger partial charge in [0.15, 0.2) is 0 Å². The van der Waals surface area contributed by atoms with Crippen LogP contribution in [0.4, 0.5) is 5.82 Å². The van der Waals surface area contributed by atoms with Crippen molar-refractivity contribution in [1.82, 2.24) is 4.98 Å². The highest BCUT2D eigenvalue weighted by atomic mass is 16.5. The predicted octanol–water partition coefficient (Wildman–Crippen LogP) is 1.49. The summed E-state index contributed by atoms with van der Waals surface area (Å²) in [7, 11) is 0. The summed E-state index contributed by atoms with van der Waals surface area (Å²) in [6.45, 7) is 2.99. The molecule has 1 aliphatic rings. The Balaban J connectivity index is 2.15. The molecule has 0 N–H and O–H groups in total. The van der Waals surface area contributed by atoms with E-state index in [0.717, 1.165) is 25.2 Å². The minimum atomic E-state index is -0.245. The number of pyridine rings is 1. The van der Waals surface area contributed by atoms with Crippen LogP contribution in [0.1, 0.15) is 25.3 Å². The van der Waals surface area contributed by atoms with E-state index in [1.54, 1.807) is 19.1 Å². The molecule has 0 bridgehead atoms. The lowest BCUT2D eigenvalue weighted by molar-refractivity contribution is -0.144. The number of nitrogens with zero attached hydrogens (tertiary/aromatic N) is 3. The third-order valence-electron chi connectivity index (χ3n) is 2.98. The van der Waals surface area contributed by atoms with Crippen LogP contribution in [0.2, 0.25) is 0 Å². The van der Waals surface area contributed by atoms with Gasteiger partial charge in [-0.2, -0.15) is 5.26 Å². The summed E-state index contributed by atoms with van der Waals surface area (Å²) in [4.78, 5) is 18.0. The minimum absolute atomic E-state index is 0.193. The van der Waals surface area contributed by atoms with Crippen molar-refractivity contribution in [2.75, 3.05) is 18.1 Å². The molecule has 1 unspecified atom stereocenters. The van der Waals surface area contributed by atoms with E-state index in [4.69, 9.17) is 10.00 Å². The van der Waals surface area contributed by atoms with Crippen LogP contribution in [-0.4, -0.2) is 30.1 Å². The molecule has 0 radical (unpaired) electrons. The number of hydrogen-bond donors (Lipinski definition) is 0. The molecular weight excluding hydrogens is 230 g/mol. The zero-order valence-electron chi connectivity index (χ0n) is 10.3. The number of rotatable bonds is 3. The monoisotopic (exact) mass is 245 g/mol. The molecule has 0 spiro atoms. The lowest BCUT2D eigenvalue weighted by atomic mass is 10.2. The Morgan fingerprint density at radius 3 is 3.11 bits per heavy atom. The summed E-state index contributed by atoms with van der Waals surface area (Å²) >= 11 is 0. The van der Waals surface area contributed by atoms with Gasteiger partial charge in [-0.15, -0.1) is 0 Å². The molecular formula is C13H15N3O2. The molecule has 1 saturated heterocycles. The topological polar surface area (TPSA) is 66.2 Å². The van der Waals surface area contributed by atoms with Gasteiger partial charge in [0, 0.05) is 12.7 Å². The molecule has 1 aliphatic heterocycles. The standard InChI is InChI=1S/C13H15N3O2/c1-2-18-13(17)11-4-3-7-16(11)12-6-5-10(8-14)9-15-12/h5-6,9,11H,2-4,7H2,1H3. The van der Waals surface area contributed by atoms with Gasteiger partial charge < -0.3 is 9.64 Å². The summed E-state index contributed by atoms with van der Waals surface area (Å²) < 4.78 is 5.06. The Morgan fingerprint density at radius 2 is 2.50 bits per heavy atom. The molecule has 94 valence electrons. The molecule has 18 heavy (non-hydrogen) atoms. The molecule has 0 saturated carbocycles. The highest BCUT2D eigenvalue weighted by Gasteiger charge is 2.32. The lowest BCUT2D eigenvalue weighted by Gasteiger charge is -2.23. The number of nitriles is 1. The molecule has 0 aliphatic carbocycles. The van der Waals surface area contributed by atoms with Crippen LogP contribution >= 0.6 is 0 Å². The average Bonchev–Trinajstić information content (AvgIpc) is 2.88. The van der Waals surface area contributed by atoms with E-state index in [0.29, 0.717) is 12.2 Å². The fourth-order valence-corrected chi connectivity index (χ4v) is 2.15. The number of aromatic nitrogens is 1. The molecule has 1 aromatic heterocycles. The largest absolute Gasteiger partial charge is 0.464 e. The van der Waals surface area contributed by atoms with Crippen LogP contribution in [0.3, 0.4) is 0 Å². The smallest absolute Gasteiger partial charge is 0.328 e. The van der Waals surface area contributed by atoms with Crippen molar-refractivity contribution >= 4 is 11.8 Å². The summed E-state index contributed by atoms with van der Waals surface area (Å²) in [5.74, 6) is 0.533. The SMILES string of the molecule is CCOC(=O)C1CCCN1c1ccc(C#N)cn1. The molecule has 1 fully saturated rings. The van der Waals surface area contributed by atoms with Crippen LogP contribution in [0.5, 0.6) is 0 Å². The second kappa shape index (κ2) is 5.50. The zero-order chi connectivity index (χ0) is 13.0. The van der Waals surface area contributed by atoms with E-state index in [-0.39, 0.29) is 12.0 Å². The molecule has 1 aromatic rings. The van der Waals surface area contributed by atoms with Crippen molar-refractivity contribution in [3.05, 3.63) is 23.9 Å². The van der Waals surface area contributed by atoms with Crippen molar-refractivity contribution in [3.8, 4) is 6.07 Å². The molecule has 0 aromatic carbocycles. The third-order valence-corrected chi connectivity index (χ3v) is 2.98. The minimum Gasteiger partial charge on any atom is -0.464 e. The molecule has 1 atom stereocenters. The Morgan fingerprint density at radius 1 is 1.67 bits per heavy atom. The Kier molecular flexibility index (Phi) is 3.78. The maximum absolute atomic E-state index is 11.8. The van der Waals surface area contributed by atoms with Gasteiger partial charge in [0.2, 0.25) is 0 Å². The van der Waals surface area contributed by atoms with E-state index < -0.39 is 0 Å². The molecule has 5 heteroatoms. The van der Waals surface area contributed by atoms with E-state index in [9.17, 15) is 4.79 Å². The maximum Gasteiger partial charge on any atom is 0.328 e. The van der Waals surface area contributed by atoms with Crippen molar-refractivity contribution in [2.24, 2.45) is 0 Å². The number of esters is 1. The van der Waals surface area contributed by atoms with Crippen LogP contribution in [0, 0.1) is 11.3 Å². The number of ether oxygens (including phenoxy) is 1. The number of carbonyl (C=O) groups excluding carboxylic acids is 1. The highest BCUT2D eigenvalue weighted by Crippen LogP contribution is 2.24. The van der Waals surface area contributed by atoms with Crippen molar-refractivity contribution in [1.29, 1.82) is 5.26 Å². The first-order chi connectivity index (χ1) is 8.76. The number of carbonyl (C=O) groups is 1. The fraction of sp³-hybridized carbons (Fsp3) is 0.462. The molecule has 2 heterocycles. The highest BCUT2D eigenvalue weighted by molar-refractivity contribution is 5.80. The van der Waals surface area contributed by atoms with Crippen molar-refractivity contribution < 1.29 is 9.53 Å². The first-order valence-corrected chi connectivity index (χ1v) is 6.05. The van der Waals surface area contributed by atoms with Crippen LogP contribution in [0.15, 0.2) is 18.3 Å². The van der Waals surface area contributed by atoms with Gasteiger partial charge in [0.1, 0.15) is 17.9 Å². The second-order valence-corrected chi connectivity index (χ2v) is 4.12. The molecule has 2 rings (SSSR count).